The van der Waals surface area contributed by atoms with Gasteiger partial charge in [-0.1, -0.05) is 23.7 Å². The van der Waals surface area contributed by atoms with E-state index in [4.69, 9.17) is 18.7 Å². The van der Waals surface area contributed by atoms with Gasteiger partial charge in [-0.2, -0.15) is 0 Å². The minimum Gasteiger partial charge on any atom is -0.326 e. The van der Waals surface area contributed by atoms with Crippen LogP contribution in [0.2, 0.25) is 5.02 Å². The van der Waals surface area contributed by atoms with E-state index in [9.17, 15) is 0 Å². The van der Waals surface area contributed by atoms with Crippen molar-refractivity contribution in [3.8, 4) is 0 Å². The first-order valence-electron chi connectivity index (χ1n) is 3.21. The summed E-state index contributed by atoms with van der Waals surface area (Å²) in [6.07, 6.45) is 0. The van der Waals surface area contributed by atoms with Crippen LogP contribution in [0.3, 0.4) is 0 Å². The molecule has 0 aromatic heterocycles. The van der Waals surface area contributed by atoms with Crippen LogP contribution in [0.1, 0.15) is 6.93 Å². The summed E-state index contributed by atoms with van der Waals surface area (Å²) in [6.45, 7) is -0.682. The third kappa shape index (κ3) is 1.70. The van der Waals surface area contributed by atoms with E-state index in [-0.39, 0.29) is 0 Å². The first kappa shape index (κ1) is 5.27. The largest absolute Gasteiger partial charge is 0.326 e. The fourth-order valence-electron chi connectivity index (χ4n) is 0.610. The molecule has 0 spiro atoms. The molecule has 0 aliphatic rings. The zero-order valence-corrected chi connectivity index (χ0v) is 5.60. The molecule has 0 unspecified atom stereocenters. The summed E-state index contributed by atoms with van der Waals surface area (Å²) < 4.78 is 7.13. The summed E-state index contributed by atoms with van der Waals surface area (Å²) in [4.78, 5) is 0. The van der Waals surface area contributed by atoms with E-state index in [2.05, 4.69) is 0 Å². The second-order valence-electron chi connectivity index (χ2n) is 1.72. The van der Waals surface area contributed by atoms with Gasteiger partial charge in [-0.05, 0) is 17.7 Å². The zero-order valence-electron chi connectivity index (χ0n) is 5.84. The molecule has 0 fully saturated rings. The second kappa shape index (κ2) is 2.85. The van der Waals surface area contributed by atoms with Gasteiger partial charge in [0, 0.05) is 12.9 Å². The molecule has 0 saturated carbocycles. The zero-order chi connectivity index (χ0) is 7.56. The van der Waals surface area contributed by atoms with E-state index in [1.54, 1.807) is 24.3 Å². The van der Waals surface area contributed by atoms with Gasteiger partial charge in [0.15, 0.2) is 0 Å². The predicted octanol–water partition coefficient (Wildman–Crippen LogP) is 1.80. The van der Waals surface area contributed by atoms with Crippen LogP contribution in [0.4, 0.5) is 0 Å². The molecule has 0 bridgehead atoms. The Morgan fingerprint density at radius 3 is 2.89 bits per heavy atom. The Morgan fingerprint density at radius 2 is 2.44 bits per heavy atom. The minimum absolute atomic E-state index is 0.625. The number of hydrogen-bond donors (Lipinski definition) is 1. The number of rotatable bonds is 1. The lowest BCUT2D eigenvalue weighted by Gasteiger charge is -1.93. The topological polar surface area (TPSA) is 26.0 Å². The summed E-state index contributed by atoms with van der Waals surface area (Å²) in [5, 5.41) is 0.625. The van der Waals surface area contributed by atoms with Crippen LogP contribution in [-0.4, -0.2) is 0 Å². The second-order valence-corrected chi connectivity index (χ2v) is 2.16. The van der Waals surface area contributed by atoms with Crippen molar-refractivity contribution < 1.29 is 1.37 Å². The van der Waals surface area contributed by atoms with Crippen LogP contribution in [0.25, 0.3) is 0 Å². The Hall–Kier alpha value is -0.530. The van der Waals surface area contributed by atoms with Crippen LogP contribution in [0.15, 0.2) is 24.3 Å². The van der Waals surface area contributed by atoms with Gasteiger partial charge in [-0.25, -0.2) is 0 Å². The van der Waals surface area contributed by atoms with Crippen molar-refractivity contribution in [2.45, 2.75) is 6.52 Å². The normalized spacial score (nSPS) is 14.7. The maximum atomic E-state index is 7.13. The van der Waals surface area contributed by atoms with Crippen molar-refractivity contribution in [3.63, 3.8) is 0 Å². The van der Waals surface area contributed by atoms with Crippen molar-refractivity contribution in [2.75, 3.05) is 0 Å². The highest BCUT2D eigenvalue weighted by Crippen LogP contribution is 2.09. The van der Waals surface area contributed by atoms with Crippen LogP contribution < -0.4 is 5.73 Å². The van der Waals surface area contributed by atoms with E-state index >= 15 is 0 Å². The van der Waals surface area contributed by atoms with Crippen LogP contribution in [-0.2, 0) is 6.52 Å². The molecule has 0 amide bonds. The molecule has 1 aromatic carbocycles. The number of nitrogens with two attached hydrogens (primary N) is 1. The molecule has 9 heavy (non-hydrogen) atoms. The maximum Gasteiger partial charge on any atom is 0.0477 e. The van der Waals surface area contributed by atoms with Crippen molar-refractivity contribution >= 4 is 11.6 Å². The molecule has 0 saturated heterocycles. The molecule has 0 aliphatic carbocycles. The average Bonchev–Trinajstić information content (AvgIpc) is 1.88. The third-order valence-electron chi connectivity index (χ3n) is 1.04. The van der Waals surface area contributed by atoms with Gasteiger partial charge in [-0.15, -0.1) is 0 Å². The number of hydrogen-bond acceptors (Lipinski definition) is 1. The summed E-state index contributed by atoms with van der Waals surface area (Å²) >= 11 is 5.65. The molecule has 2 N–H and O–H groups in total. The summed E-state index contributed by atoms with van der Waals surface area (Å²) in [7, 11) is 0. The Balaban J connectivity index is 2.96. The molecular weight excluding hydrogens is 134 g/mol. The van der Waals surface area contributed by atoms with Crippen molar-refractivity contribution in [1.29, 1.82) is 0 Å². The standard InChI is InChI=1S/C7H8ClN/c8-7-3-1-2-6(4-7)5-9/h1-4H,5,9H2/i5D/t5-/m0/s1. The highest BCUT2D eigenvalue weighted by Gasteiger charge is 1.87. The SMILES string of the molecule is [2H][C@H](N)c1cccc(Cl)c1. The molecular formula is C7H8ClN. The van der Waals surface area contributed by atoms with Gasteiger partial charge in [0.2, 0.25) is 0 Å². The fraction of sp³-hybridized carbons (Fsp3) is 0.143. The van der Waals surface area contributed by atoms with Gasteiger partial charge < -0.3 is 5.73 Å². The average molecular weight is 143 g/mol. The quantitative estimate of drug-likeness (QED) is 0.636. The van der Waals surface area contributed by atoms with Gasteiger partial charge in [0.25, 0.3) is 0 Å². The highest BCUT2D eigenvalue weighted by atomic mass is 35.5. The highest BCUT2D eigenvalue weighted by molar-refractivity contribution is 6.30. The Bertz CT molecular complexity index is 225. The molecule has 1 atom stereocenters. The summed E-state index contributed by atoms with van der Waals surface area (Å²) in [5.41, 5.74) is 6.03. The van der Waals surface area contributed by atoms with Crippen LogP contribution in [0.5, 0.6) is 0 Å². The monoisotopic (exact) mass is 142 g/mol. The molecule has 1 rings (SSSR count). The van der Waals surface area contributed by atoms with Gasteiger partial charge in [-0.3, -0.25) is 0 Å². The first-order chi connectivity index (χ1) is 4.70. The summed E-state index contributed by atoms with van der Waals surface area (Å²) in [5.74, 6) is 0. The van der Waals surface area contributed by atoms with Gasteiger partial charge in [0.05, 0.1) is 0 Å². The molecule has 0 aliphatic heterocycles. The first-order valence-corrected chi connectivity index (χ1v) is 3.01. The Morgan fingerprint density at radius 1 is 1.67 bits per heavy atom. The Kier molecular flexibility index (Phi) is 1.67. The maximum absolute atomic E-state index is 7.13. The number of benzene rings is 1. The molecule has 0 radical (unpaired) electrons. The van der Waals surface area contributed by atoms with E-state index in [1.807, 2.05) is 0 Å². The van der Waals surface area contributed by atoms with Gasteiger partial charge in [0.1, 0.15) is 0 Å². The van der Waals surface area contributed by atoms with E-state index in [0.717, 1.165) is 5.56 Å². The molecule has 2 heteroatoms. The smallest absolute Gasteiger partial charge is 0.0477 e. The predicted molar refractivity (Wildman–Crippen MR) is 39.3 cm³/mol. The summed E-state index contributed by atoms with van der Waals surface area (Å²) in [6, 6.07) is 7.02. The lowest BCUT2D eigenvalue weighted by atomic mass is 10.2. The van der Waals surface area contributed by atoms with Crippen LogP contribution in [0, 0.1) is 0 Å². The molecule has 1 aromatic rings. The fourth-order valence-corrected chi connectivity index (χ4v) is 0.809. The number of halogens is 1. The molecule has 48 valence electrons. The molecule has 0 heterocycles. The van der Waals surface area contributed by atoms with E-state index < -0.39 is 6.52 Å². The lowest BCUT2D eigenvalue weighted by molar-refractivity contribution is 1.07. The van der Waals surface area contributed by atoms with Crippen LogP contribution >= 0.6 is 11.6 Å². The third-order valence-corrected chi connectivity index (χ3v) is 1.28. The van der Waals surface area contributed by atoms with E-state index in [0.29, 0.717) is 5.02 Å². The lowest BCUT2D eigenvalue weighted by Crippen LogP contribution is -1.94. The van der Waals surface area contributed by atoms with Crippen molar-refractivity contribution in [3.05, 3.63) is 34.9 Å². The van der Waals surface area contributed by atoms with Gasteiger partial charge >= 0.3 is 0 Å². The molecule has 1 nitrogen and oxygen atoms in total. The minimum atomic E-state index is -0.682. The van der Waals surface area contributed by atoms with Crippen molar-refractivity contribution in [1.82, 2.24) is 0 Å². The van der Waals surface area contributed by atoms with Crippen molar-refractivity contribution in [2.24, 2.45) is 5.73 Å². The van der Waals surface area contributed by atoms with E-state index in [1.165, 1.54) is 0 Å². The Labute approximate surface area is 60.8 Å².